The van der Waals surface area contributed by atoms with Gasteiger partial charge in [0, 0.05) is 17.5 Å². The number of carbonyl (C=O) groups is 2. The molecule has 1 heterocycles. The third-order valence-corrected chi connectivity index (χ3v) is 4.36. The van der Waals surface area contributed by atoms with E-state index in [0.717, 1.165) is 24.6 Å². The number of Topliss-reactive ketones (excluding diaryl/α,β-unsaturated/α-hetero) is 1. The van der Waals surface area contributed by atoms with Crippen LogP contribution in [0.4, 0.5) is 8.78 Å². The maximum atomic E-state index is 13.3. The largest absolute Gasteiger partial charge is 0.452 e. The van der Waals surface area contributed by atoms with Gasteiger partial charge in [-0.05, 0) is 30.7 Å². The van der Waals surface area contributed by atoms with Crippen molar-refractivity contribution in [2.45, 2.75) is 26.3 Å². The second kappa shape index (κ2) is 8.72. The van der Waals surface area contributed by atoms with Crippen molar-refractivity contribution in [1.29, 1.82) is 0 Å². The highest BCUT2D eigenvalue weighted by molar-refractivity contribution is 6.04. The molecule has 0 spiro atoms. The second-order valence-corrected chi connectivity index (χ2v) is 6.40. The van der Waals surface area contributed by atoms with Gasteiger partial charge in [0.25, 0.3) is 5.56 Å². The number of unbranched alkanes of at least 4 members (excludes halogenated alkanes) is 1. The van der Waals surface area contributed by atoms with Crippen LogP contribution in [0.1, 0.15) is 40.6 Å². The van der Waals surface area contributed by atoms with Crippen LogP contribution in [-0.2, 0) is 11.3 Å². The standard InChI is InChI=1S/C21H18F2N2O4/c1-2-3-10-25-20(27)15-7-5-4-6-14(15)19(24-25)21(28)29-12-18(26)13-8-9-16(22)17(23)11-13/h4-9,11H,2-3,10,12H2,1H3. The number of aryl methyl sites for hydroxylation is 1. The van der Waals surface area contributed by atoms with Gasteiger partial charge in [0.2, 0.25) is 0 Å². The van der Waals surface area contributed by atoms with Gasteiger partial charge in [0.05, 0.1) is 5.39 Å². The van der Waals surface area contributed by atoms with Crippen LogP contribution >= 0.6 is 0 Å². The van der Waals surface area contributed by atoms with E-state index in [2.05, 4.69) is 5.10 Å². The number of fused-ring (bicyclic) bond motifs is 1. The number of hydrogen-bond donors (Lipinski definition) is 0. The highest BCUT2D eigenvalue weighted by Gasteiger charge is 2.19. The first-order valence-electron chi connectivity index (χ1n) is 9.07. The zero-order valence-corrected chi connectivity index (χ0v) is 15.7. The Bertz CT molecular complexity index is 1140. The lowest BCUT2D eigenvalue weighted by atomic mass is 10.1. The van der Waals surface area contributed by atoms with E-state index < -0.39 is 30.0 Å². The number of ether oxygens (including phenoxy) is 1. The smallest absolute Gasteiger partial charge is 0.359 e. The monoisotopic (exact) mass is 400 g/mol. The summed E-state index contributed by atoms with van der Waals surface area (Å²) in [6, 6.07) is 9.16. The first-order valence-corrected chi connectivity index (χ1v) is 9.07. The lowest BCUT2D eigenvalue weighted by Crippen LogP contribution is -2.27. The maximum absolute atomic E-state index is 13.3. The van der Waals surface area contributed by atoms with Gasteiger partial charge in [-0.15, -0.1) is 0 Å². The molecule has 1 aromatic heterocycles. The number of nitrogens with zero attached hydrogens (tertiary/aromatic N) is 2. The molecule has 0 amide bonds. The molecule has 0 radical (unpaired) electrons. The van der Waals surface area contributed by atoms with Crippen molar-refractivity contribution in [2.24, 2.45) is 0 Å². The molecule has 2 aromatic carbocycles. The average Bonchev–Trinajstić information content (AvgIpc) is 2.73. The molecule has 0 saturated carbocycles. The molecule has 0 N–H and O–H groups in total. The fourth-order valence-electron chi connectivity index (χ4n) is 2.80. The summed E-state index contributed by atoms with van der Waals surface area (Å²) >= 11 is 0. The summed E-state index contributed by atoms with van der Waals surface area (Å²) in [6.07, 6.45) is 1.54. The van der Waals surface area contributed by atoms with Gasteiger partial charge < -0.3 is 4.74 Å². The predicted octanol–water partition coefficient (Wildman–Crippen LogP) is 3.51. The Balaban J connectivity index is 1.86. The van der Waals surface area contributed by atoms with Gasteiger partial charge in [0.15, 0.2) is 29.7 Å². The Morgan fingerprint density at radius 3 is 2.48 bits per heavy atom. The van der Waals surface area contributed by atoms with E-state index in [1.807, 2.05) is 6.92 Å². The molecule has 29 heavy (non-hydrogen) atoms. The van der Waals surface area contributed by atoms with Gasteiger partial charge in [-0.2, -0.15) is 5.10 Å². The minimum atomic E-state index is -1.17. The van der Waals surface area contributed by atoms with Gasteiger partial charge in [0.1, 0.15) is 0 Å². The fourth-order valence-corrected chi connectivity index (χ4v) is 2.80. The van der Waals surface area contributed by atoms with E-state index in [1.165, 1.54) is 4.68 Å². The zero-order valence-electron chi connectivity index (χ0n) is 15.7. The van der Waals surface area contributed by atoms with E-state index in [-0.39, 0.29) is 16.8 Å². The summed E-state index contributed by atoms with van der Waals surface area (Å²) < 4.78 is 32.5. The molecule has 0 aliphatic heterocycles. The molecular formula is C21H18F2N2O4. The average molecular weight is 400 g/mol. The highest BCUT2D eigenvalue weighted by atomic mass is 19.2. The van der Waals surface area contributed by atoms with E-state index in [1.54, 1.807) is 24.3 Å². The molecule has 8 heteroatoms. The van der Waals surface area contributed by atoms with Crippen LogP contribution in [-0.4, -0.2) is 28.1 Å². The third-order valence-electron chi connectivity index (χ3n) is 4.36. The number of esters is 1. The van der Waals surface area contributed by atoms with Crippen molar-refractivity contribution in [3.8, 4) is 0 Å². The number of halogens is 2. The molecular weight excluding hydrogens is 382 g/mol. The summed E-state index contributed by atoms with van der Waals surface area (Å²) in [5.74, 6) is -3.83. The van der Waals surface area contributed by atoms with E-state index in [0.29, 0.717) is 23.7 Å². The molecule has 0 fully saturated rings. The summed E-state index contributed by atoms with van der Waals surface area (Å²) in [5.41, 5.74) is -0.528. The summed E-state index contributed by atoms with van der Waals surface area (Å²) in [5, 5.41) is 4.76. The SMILES string of the molecule is CCCCn1nc(C(=O)OCC(=O)c2ccc(F)c(F)c2)c2ccccc2c1=O. The molecule has 6 nitrogen and oxygen atoms in total. The number of benzene rings is 2. The lowest BCUT2D eigenvalue weighted by Gasteiger charge is -2.10. The molecule has 0 bridgehead atoms. The molecule has 3 aromatic rings. The molecule has 3 rings (SSSR count). The van der Waals surface area contributed by atoms with Crippen LogP contribution in [0, 0.1) is 11.6 Å². The number of ketones is 1. The van der Waals surface area contributed by atoms with E-state index in [9.17, 15) is 23.2 Å². The van der Waals surface area contributed by atoms with Crippen LogP contribution in [0.15, 0.2) is 47.3 Å². The predicted molar refractivity (Wildman–Crippen MR) is 102 cm³/mol. The van der Waals surface area contributed by atoms with Crippen molar-refractivity contribution < 1.29 is 23.1 Å². The molecule has 150 valence electrons. The number of carbonyl (C=O) groups excluding carboxylic acids is 2. The van der Waals surface area contributed by atoms with Gasteiger partial charge in [-0.25, -0.2) is 18.3 Å². The number of aromatic nitrogens is 2. The highest BCUT2D eigenvalue weighted by Crippen LogP contribution is 2.15. The summed E-state index contributed by atoms with van der Waals surface area (Å²) in [4.78, 5) is 37.2. The first kappa shape index (κ1) is 20.3. The van der Waals surface area contributed by atoms with Crippen molar-refractivity contribution in [3.63, 3.8) is 0 Å². The normalized spacial score (nSPS) is 10.9. The fraction of sp³-hybridized carbons (Fsp3) is 0.238. The van der Waals surface area contributed by atoms with Crippen molar-refractivity contribution in [1.82, 2.24) is 9.78 Å². The lowest BCUT2D eigenvalue weighted by molar-refractivity contribution is 0.0468. The first-order chi connectivity index (χ1) is 13.9. The van der Waals surface area contributed by atoms with Crippen LogP contribution < -0.4 is 5.56 Å². The van der Waals surface area contributed by atoms with Crippen LogP contribution in [0.25, 0.3) is 10.8 Å². The topological polar surface area (TPSA) is 78.3 Å². The van der Waals surface area contributed by atoms with E-state index >= 15 is 0 Å². The summed E-state index contributed by atoms with van der Waals surface area (Å²) in [7, 11) is 0. The molecule has 0 saturated heterocycles. The third kappa shape index (κ3) is 4.37. The van der Waals surface area contributed by atoms with Crippen LogP contribution in [0.3, 0.4) is 0 Å². The van der Waals surface area contributed by atoms with Gasteiger partial charge >= 0.3 is 5.97 Å². The summed E-state index contributed by atoms with van der Waals surface area (Å²) in [6.45, 7) is 1.63. The van der Waals surface area contributed by atoms with Crippen molar-refractivity contribution >= 4 is 22.5 Å². The van der Waals surface area contributed by atoms with Crippen molar-refractivity contribution in [3.05, 3.63) is 75.7 Å². The zero-order chi connectivity index (χ0) is 21.0. The molecule has 0 unspecified atom stereocenters. The minimum Gasteiger partial charge on any atom is -0.452 e. The maximum Gasteiger partial charge on any atom is 0.359 e. The number of hydrogen-bond acceptors (Lipinski definition) is 5. The molecule has 0 atom stereocenters. The Hall–Kier alpha value is -3.42. The van der Waals surface area contributed by atoms with Gasteiger partial charge in [-0.3, -0.25) is 9.59 Å². The van der Waals surface area contributed by atoms with Crippen LogP contribution in [0.2, 0.25) is 0 Å². The van der Waals surface area contributed by atoms with Gasteiger partial charge in [-0.1, -0.05) is 31.5 Å². The second-order valence-electron chi connectivity index (χ2n) is 6.40. The quantitative estimate of drug-likeness (QED) is 0.448. The van der Waals surface area contributed by atoms with E-state index in [4.69, 9.17) is 4.74 Å². The molecule has 0 aliphatic rings. The Morgan fingerprint density at radius 2 is 1.79 bits per heavy atom. The Kier molecular flexibility index (Phi) is 6.11. The number of rotatable bonds is 7. The Labute approximate surface area is 164 Å². The minimum absolute atomic E-state index is 0.0885. The van der Waals surface area contributed by atoms with Crippen LogP contribution in [0.5, 0.6) is 0 Å². The molecule has 0 aliphatic carbocycles. The van der Waals surface area contributed by atoms with Crippen molar-refractivity contribution in [2.75, 3.05) is 6.61 Å². The Morgan fingerprint density at radius 1 is 1.07 bits per heavy atom.